The highest BCUT2D eigenvalue weighted by molar-refractivity contribution is 5.97. The number of hydrogen-bond acceptors (Lipinski definition) is 3. The van der Waals surface area contributed by atoms with Crippen molar-refractivity contribution in [1.29, 1.82) is 0 Å². The van der Waals surface area contributed by atoms with Gasteiger partial charge in [0.2, 0.25) is 0 Å². The Morgan fingerprint density at radius 2 is 2.05 bits per heavy atom. The van der Waals surface area contributed by atoms with Gasteiger partial charge in [-0.2, -0.15) is 0 Å². The van der Waals surface area contributed by atoms with E-state index < -0.39 is 6.09 Å². The molecule has 1 fully saturated rings. The molecule has 0 spiro atoms. The Bertz CT molecular complexity index is 480. The van der Waals surface area contributed by atoms with E-state index in [1.807, 2.05) is 31.2 Å². The maximum atomic E-state index is 12.3. The maximum absolute atomic E-state index is 12.3. The highest BCUT2D eigenvalue weighted by atomic mass is 16.5. The number of benzene rings is 1. The lowest BCUT2D eigenvalue weighted by molar-refractivity contribution is 0.0921. The van der Waals surface area contributed by atoms with Gasteiger partial charge in [-0.3, -0.25) is 4.79 Å². The van der Waals surface area contributed by atoms with Crippen LogP contribution in [-0.4, -0.2) is 18.5 Å². The molecule has 0 heterocycles. The predicted octanol–water partition coefficient (Wildman–Crippen LogP) is 2.87. The zero-order valence-electron chi connectivity index (χ0n) is 11.1. The predicted molar refractivity (Wildman–Crippen MR) is 72.1 cm³/mol. The fraction of sp³-hybridized carbons (Fsp3) is 0.467. The van der Waals surface area contributed by atoms with E-state index >= 15 is 0 Å². The molecule has 19 heavy (non-hydrogen) atoms. The van der Waals surface area contributed by atoms with Gasteiger partial charge in [0.1, 0.15) is 0 Å². The van der Waals surface area contributed by atoms with Crippen molar-refractivity contribution in [2.75, 3.05) is 6.61 Å². The molecule has 2 N–H and O–H groups in total. The van der Waals surface area contributed by atoms with E-state index in [9.17, 15) is 9.59 Å². The van der Waals surface area contributed by atoms with Gasteiger partial charge in [-0.25, -0.2) is 4.79 Å². The molecule has 1 unspecified atom stereocenters. The second-order valence-electron chi connectivity index (χ2n) is 5.22. The molecular formula is C15H19NO3. The van der Waals surface area contributed by atoms with Gasteiger partial charge >= 0.3 is 6.09 Å². The first-order valence-corrected chi connectivity index (χ1v) is 6.62. The van der Waals surface area contributed by atoms with Crippen molar-refractivity contribution < 1.29 is 14.3 Å². The average molecular weight is 261 g/mol. The van der Waals surface area contributed by atoms with Crippen molar-refractivity contribution in [3.63, 3.8) is 0 Å². The van der Waals surface area contributed by atoms with Gasteiger partial charge in [-0.15, -0.1) is 0 Å². The summed E-state index contributed by atoms with van der Waals surface area (Å²) in [5.41, 5.74) is 6.89. The van der Waals surface area contributed by atoms with E-state index in [0.717, 1.165) is 11.1 Å². The van der Waals surface area contributed by atoms with Gasteiger partial charge in [0.05, 0.1) is 6.61 Å². The van der Waals surface area contributed by atoms with Crippen molar-refractivity contribution >= 4 is 11.9 Å². The lowest BCUT2D eigenvalue weighted by Gasteiger charge is -2.12. The van der Waals surface area contributed by atoms with Gasteiger partial charge in [-0.1, -0.05) is 31.2 Å². The largest absolute Gasteiger partial charge is 0.449 e. The summed E-state index contributed by atoms with van der Waals surface area (Å²) in [4.78, 5) is 22.8. The van der Waals surface area contributed by atoms with E-state index in [2.05, 4.69) is 0 Å². The van der Waals surface area contributed by atoms with Gasteiger partial charge in [0.15, 0.2) is 5.78 Å². The van der Waals surface area contributed by atoms with Crippen LogP contribution in [0.2, 0.25) is 0 Å². The van der Waals surface area contributed by atoms with Crippen molar-refractivity contribution in [2.45, 2.75) is 32.1 Å². The summed E-state index contributed by atoms with van der Waals surface area (Å²) in [5.74, 6) is 0.646. The van der Waals surface area contributed by atoms with Gasteiger partial charge in [-0.05, 0) is 30.2 Å². The van der Waals surface area contributed by atoms with Crippen LogP contribution in [0.1, 0.15) is 48.0 Å². The summed E-state index contributed by atoms with van der Waals surface area (Å²) >= 11 is 0. The Morgan fingerprint density at radius 1 is 1.37 bits per heavy atom. The van der Waals surface area contributed by atoms with Gasteiger partial charge in [0.25, 0.3) is 0 Å². The molecule has 4 nitrogen and oxygen atoms in total. The van der Waals surface area contributed by atoms with Crippen LogP contribution in [0.5, 0.6) is 0 Å². The van der Waals surface area contributed by atoms with Gasteiger partial charge in [0, 0.05) is 12.0 Å². The lowest BCUT2D eigenvalue weighted by atomic mass is 9.94. The number of ketones is 1. The summed E-state index contributed by atoms with van der Waals surface area (Å²) in [5, 5.41) is 0. The Labute approximate surface area is 112 Å². The van der Waals surface area contributed by atoms with Crippen molar-refractivity contribution in [3.05, 3.63) is 35.4 Å². The summed E-state index contributed by atoms with van der Waals surface area (Å²) in [6.07, 6.45) is 1.92. The average Bonchev–Trinajstić information content (AvgIpc) is 3.20. The molecule has 102 valence electrons. The molecule has 1 atom stereocenters. The molecular weight excluding hydrogens is 242 g/mol. The molecule has 1 aromatic rings. The molecule has 0 aromatic heterocycles. The zero-order valence-corrected chi connectivity index (χ0v) is 11.1. The molecule has 0 radical (unpaired) electrons. The second kappa shape index (κ2) is 5.87. The number of Topliss-reactive ketones (excluding diaryl/α,β-unsaturated/α-hetero) is 1. The van der Waals surface area contributed by atoms with Crippen LogP contribution in [0.15, 0.2) is 24.3 Å². The molecule has 1 aliphatic carbocycles. The smallest absolute Gasteiger partial charge is 0.404 e. The van der Waals surface area contributed by atoms with Crippen LogP contribution in [0.4, 0.5) is 4.79 Å². The SMILES string of the molecule is CC(COC(N)=O)CC(=O)c1ccccc1C1CC1. The number of carbonyl (C=O) groups excluding carboxylic acids is 2. The lowest BCUT2D eigenvalue weighted by Crippen LogP contribution is -2.19. The van der Waals surface area contributed by atoms with Crippen molar-refractivity contribution in [3.8, 4) is 0 Å². The molecule has 4 heteroatoms. The van der Waals surface area contributed by atoms with E-state index in [1.165, 1.54) is 12.8 Å². The highest BCUT2D eigenvalue weighted by Gasteiger charge is 2.27. The van der Waals surface area contributed by atoms with E-state index in [1.54, 1.807) is 0 Å². The molecule has 0 aliphatic heterocycles. The minimum absolute atomic E-state index is 0.0211. The number of nitrogens with two attached hydrogens (primary N) is 1. The molecule has 2 rings (SSSR count). The summed E-state index contributed by atoms with van der Waals surface area (Å²) < 4.78 is 4.72. The summed E-state index contributed by atoms with van der Waals surface area (Å²) in [6, 6.07) is 7.79. The Kier molecular flexibility index (Phi) is 4.20. The standard InChI is InChI=1S/C15H19NO3/c1-10(9-19-15(16)18)8-14(17)13-5-3-2-4-12(13)11-6-7-11/h2-5,10-11H,6-9H2,1H3,(H2,16,18). The number of ether oxygens (including phenoxy) is 1. The first-order chi connectivity index (χ1) is 9.08. The molecule has 0 bridgehead atoms. The van der Waals surface area contributed by atoms with Crippen LogP contribution in [-0.2, 0) is 4.74 Å². The van der Waals surface area contributed by atoms with Crippen LogP contribution in [0, 0.1) is 5.92 Å². The van der Waals surface area contributed by atoms with Crippen LogP contribution >= 0.6 is 0 Å². The summed E-state index contributed by atoms with van der Waals surface area (Å²) in [7, 11) is 0. The number of carbonyl (C=O) groups is 2. The van der Waals surface area contributed by atoms with E-state index in [-0.39, 0.29) is 18.3 Å². The van der Waals surface area contributed by atoms with E-state index in [0.29, 0.717) is 12.3 Å². The quantitative estimate of drug-likeness (QED) is 0.800. The third-order valence-electron chi connectivity index (χ3n) is 3.32. The monoisotopic (exact) mass is 261 g/mol. The number of amides is 1. The third kappa shape index (κ3) is 3.81. The van der Waals surface area contributed by atoms with Crippen LogP contribution in [0.3, 0.4) is 0 Å². The minimum Gasteiger partial charge on any atom is -0.449 e. The Balaban J connectivity index is 1.97. The van der Waals surface area contributed by atoms with E-state index in [4.69, 9.17) is 10.5 Å². The normalized spacial score (nSPS) is 15.8. The first-order valence-electron chi connectivity index (χ1n) is 6.62. The fourth-order valence-corrected chi connectivity index (χ4v) is 2.21. The molecule has 1 aromatic carbocycles. The maximum Gasteiger partial charge on any atom is 0.404 e. The number of primary amides is 1. The third-order valence-corrected chi connectivity index (χ3v) is 3.32. The molecule has 1 saturated carbocycles. The number of rotatable bonds is 6. The molecule has 1 amide bonds. The second-order valence-corrected chi connectivity index (χ2v) is 5.22. The topological polar surface area (TPSA) is 69.4 Å². The molecule has 0 saturated heterocycles. The zero-order chi connectivity index (χ0) is 13.8. The molecule has 1 aliphatic rings. The minimum atomic E-state index is -0.794. The Morgan fingerprint density at radius 3 is 2.68 bits per heavy atom. The van der Waals surface area contributed by atoms with Crippen molar-refractivity contribution in [1.82, 2.24) is 0 Å². The fourth-order valence-electron chi connectivity index (χ4n) is 2.21. The Hall–Kier alpha value is -1.84. The van der Waals surface area contributed by atoms with Crippen LogP contribution in [0.25, 0.3) is 0 Å². The highest BCUT2D eigenvalue weighted by Crippen LogP contribution is 2.41. The summed E-state index contributed by atoms with van der Waals surface area (Å²) in [6.45, 7) is 2.06. The van der Waals surface area contributed by atoms with Crippen molar-refractivity contribution in [2.24, 2.45) is 11.7 Å². The first kappa shape index (κ1) is 13.6. The number of hydrogen-bond donors (Lipinski definition) is 1. The van der Waals surface area contributed by atoms with Crippen LogP contribution < -0.4 is 5.73 Å². The van der Waals surface area contributed by atoms with Gasteiger partial charge < -0.3 is 10.5 Å².